The zero-order valence-electron chi connectivity index (χ0n) is 4.47. The number of rotatable bonds is 0. The SMILES string of the molecule is C[BH2-]N.O[BH2-]O. The minimum absolute atomic E-state index is 0. The van der Waals surface area contributed by atoms with E-state index in [1.54, 1.807) is 0 Å². The smallest absolute Gasteiger partial charge is 0.205 e. The van der Waals surface area contributed by atoms with E-state index in [2.05, 4.69) is 0 Å². The van der Waals surface area contributed by atoms with Crippen LogP contribution in [-0.2, 0) is 0 Å². The molecule has 0 aliphatic carbocycles. The Hall–Kier alpha value is 0.00987. The first kappa shape index (κ1) is 9.38. The third-order valence-electron chi connectivity index (χ3n) is 0. The van der Waals surface area contributed by atoms with Gasteiger partial charge in [0.2, 0.25) is 7.69 Å². The molecule has 0 aromatic rings. The topological polar surface area (TPSA) is 66.5 Å². The summed E-state index contributed by atoms with van der Waals surface area (Å²) in [6.07, 6.45) is 0. The highest BCUT2D eigenvalue weighted by Gasteiger charge is 1.28. The first-order valence-electron chi connectivity index (χ1n) is 2.47. The van der Waals surface area contributed by atoms with E-state index in [9.17, 15) is 0 Å². The maximum Gasteiger partial charge on any atom is 0.205 e. The molecule has 40 valence electrons. The Labute approximate surface area is 38.7 Å². The predicted octanol–water partition coefficient (Wildman–Crippen LogP) is -2.95. The van der Waals surface area contributed by atoms with Gasteiger partial charge in [0.05, 0.1) is 0 Å². The molecule has 0 aromatic carbocycles. The number of hydrogen-bond donors (Lipinski definition) is 3. The van der Waals surface area contributed by atoms with E-state index < -0.39 is 7.69 Å². The fraction of sp³-hybridized carbons (Fsp3) is 1.00. The summed E-state index contributed by atoms with van der Waals surface area (Å²) < 4.78 is 0. The van der Waals surface area contributed by atoms with Crippen molar-refractivity contribution in [2.45, 2.75) is 6.82 Å². The van der Waals surface area contributed by atoms with E-state index in [1.165, 1.54) is 0 Å². The van der Waals surface area contributed by atoms with Crippen LogP contribution in [-0.4, -0.2) is 25.1 Å². The fourth-order valence-electron chi connectivity index (χ4n) is 0. The highest BCUT2D eigenvalue weighted by molar-refractivity contribution is 6.28. The van der Waals surface area contributed by atoms with Gasteiger partial charge in [-0.2, -0.15) is 6.82 Å². The Kier molecular flexibility index (Phi) is 31.2. The predicted molar refractivity (Wildman–Crippen MR) is 31.6 cm³/mol. The molecular weight excluding hydrogens is 79.6 g/mol. The first-order chi connectivity index (χ1) is 2.83. The van der Waals surface area contributed by atoms with Gasteiger partial charge in [-0.3, -0.25) is 0 Å². The maximum absolute atomic E-state index is 7.25. The van der Waals surface area contributed by atoms with Gasteiger partial charge in [0, 0.05) is 7.41 Å². The van der Waals surface area contributed by atoms with Crippen LogP contribution < -0.4 is 5.64 Å². The summed E-state index contributed by atoms with van der Waals surface area (Å²) >= 11 is 0. The van der Waals surface area contributed by atoms with Crippen molar-refractivity contribution in [3.05, 3.63) is 0 Å². The van der Waals surface area contributed by atoms with Gasteiger partial charge >= 0.3 is 0 Å². The molecule has 5 heteroatoms. The van der Waals surface area contributed by atoms with Crippen LogP contribution in [0.15, 0.2) is 0 Å². The molecule has 0 atom stereocenters. The molecule has 0 rings (SSSR count). The van der Waals surface area contributed by atoms with Crippen LogP contribution in [0.25, 0.3) is 0 Å². The van der Waals surface area contributed by atoms with Crippen molar-refractivity contribution >= 4 is 15.1 Å². The molecule has 0 aromatic heterocycles. The lowest BCUT2D eigenvalue weighted by Gasteiger charge is -1.66. The maximum atomic E-state index is 7.25. The quantitative estimate of drug-likeness (QED) is 0.279. The number of hydrogen-bond acceptors (Lipinski definition) is 3. The Morgan fingerprint density at radius 1 is 1.50 bits per heavy atom. The van der Waals surface area contributed by atoms with Crippen LogP contribution in [0.1, 0.15) is 0 Å². The van der Waals surface area contributed by atoms with Gasteiger partial charge in [0.15, 0.2) is 0 Å². The highest BCUT2D eigenvalue weighted by Crippen LogP contribution is 1.15. The van der Waals surface area contributed by atoms with Crippen LogP contribution in [0, 0.1) is 0 Å². The minimum Gasteiger partial charge on any atom is -0.588 e. The average molecular weight is 90.7 g/mol. The summed E-state index contributed by atoms with van der Waals surface area (Å²) in [5.74, 6) is 0. The summed E-state index contributed by atoms with van der Waals surface area (Å²) in [6, 6.07) is 0. The lowest BCUT2D eigenvalue weighted by atomic mass is 10.0. The summed E-state index contributed by atoms with van der Waals surface area (Å²) in [6.45, 7) is 2.03. The van der Waals surface area contributed by atoms with Crippen molar-refractivity contribution < 1.29 is 10.0 Å². The van der Waals surface area contributed by atoms with Gasteiger partial charge in [-0.05, 0) is 0 Å². The monoisotopic (exact) mass is 91.1 g/mol. The molecule has 0 spiro atoms. The zero-order valence-corrected chi connectivity index (χ0v) is 4.47. The Bertz CT molecular complexity index is 13.5. The molecule has 3 nitrogen and oxygen atoms in total. The van der Waals surface area contributed by atoms with E-state index in [0.29, 0.717) is 0 Å². The molecule has 0 amide bonds. The lowest BCUT2D eigenvalue weighted by molar-refractivity contribution is 0.448. The third kappa shape index (κ3) is 373000. The van der Waals surface area contributed by atoms with Crippen LogP contribution in [0.4, 0.5) is 0 Å². The Morgan fingerprint density at radius 2 is 1.50 bits per heavy atom. The summed E-state index contributed by atoms with van der Waals surface area (Å²) in [7, 11) is -1.50. The van der Waals surface area contributed by atoms with Gasteiger partial charge in [-0.25, -0.2) is 0 Å². The molecule has 6 heavy (non-hydrogen) atoms. The second-order valence-electron chi connectivity index (χ2n) is 0.777. The fourth-order valence-corrected chi connectivity index (χ4v) is 0. The Morgan fingerprint density at radius 3 is 1.50 bits per heavy atom. The van der Waals surface area contributed by atoms with Gasteiger partial charge in [-0.1, -0.05) is 0 Å². The van der Waals surface area contributed by atoms with Gasteiger partial charge < -0.3 is 15.7 Å². The molecule has 0 saturated heterocycles. The van der Waals surface area contributed by atoms with E-state index >= 15 is 0 Å². The summed E-state index contributed by atoms with van der Waals surface area (Å²) in [5.41, 5.74) is 4.97. The second kappa shape index (κ2) is 19.9. The van der Waals surface area contributed by atoms with E-state index in [1.807, 2.05) is 6.82 Å². The molecule has 0 unspecified atom stereocenters. The van der Waals surface area contributed by atoms with E-state index in [4.69, 9.17) is 15.7 Å². The van der Waals surface area contributed by atoms with Crippen molar-refractivity contribution in [2.75, 3.05) is 0 Å². The van der Waals surface area contributed by atoms with Crippen molar-refractivity contribution in [1.29, 1.82) is 0 Å². The molecule has 0 bridgehead atoms. The van der Waals surface area contributed by atoms with Crippen LogP contribution >= 0.6 is 0 Å². The molecule has 0 radical (unpaired) electrons. The van der Waals surface area contributed by atoms with Crippen LogP contribution in [0.3, 0.4) is 0 Å². The normalized spacial score (nSPS) is 6.00. The van der Waals surface area contributed by atoms with Crippen LogP contribution in [0.5, 0.6) is 0 Å². The Balaban J connectivity index is 0. The van der Waals surface area contributed by atoms with Crippen molar-refractivity contribution in [3.63, 3.8) is 0 Å². The molecule has 0 heterocycles. The van der Waals surface area contributed by atoms with Crippen molar-refractivity contribution in [3.8, 4) is 0 Å². The summed E-state index contributed by atoms with van der Waals surface area (Å²) in [4.78, 5) is 0. The molecule has 0 aliphatic heterocycles. The van der Waals surface area contributed by atoms with E-state index in [0.717, 1.165) is 0 Å². The minimum atomic E-state index is -1.50. The zero-order chi connectivity index (χ0) is 5.41. The largest absolute Gasteiger partial charge is 0.588 e. The van der Waals surface area contributed by atoms with Crippen LogP contribution in [0.2, 0.25) is 6.82 Å². The average Bonchev–Trinajstić information content (AvgIpc) is 1.39. The van der Waals surface area contributed by atoms with Gasteiger partial charge in [-0.15, -0.1) is 0 Å². The first-order valence-corrected chi connectivity index (χ1v) is 2.47. The molecule has 0 saturated carbocycles. The molecule has 0 aliphatic rings. The molecular formula is CH11B2NO2-2. The standard InChI is InChI=1S/CH7BN.BH4O2/c1-2-3;2-1-3/h2-3H2,1H3;2-3H,1H2/q2*-1. The third-order valence-corrected chi connectivity index (χ3v) is 0. The highest BCUT2D eigenvalue weighted by atomic mass is 16.4. The summed E-state index contributed by atoms with van der Waals surface area (Å²) in [5, 5.41) is 14.5. The van der Waals surface area contributed by atoms with E-state index in [-0.39, 0.29) is 7.41 Å². The lowest BCUT2D eigenvalue weighted by Crippen LogP contribution is -1.94. The molecule has 4 N–H and O–H groups in total. The van der Waals surface area contributed by atoms with Gasteiger partial charge in [0.25, 0.3) is 0 Å². The van der Waals surface area contributed by atoms with Gasteiger partial charge in [0.1, 0.15) is 0 Å². The van der Waals surface area contributed by atoms with Crippen molar-refractivity contribution in [2.24, 2.45) is 5.64 Å². The number of nitrogens with two attached hydrogens (primary N) is 1. The van der Waals surface area contributed by atoms with Crippen molar-refractivity contribution in [1.82, 2.24) is 0 Å². The second-order valence-corrected chi connectivity index (χ2v) is 0.777. The molecule has 0 fully saturated rings.